The second-order valence-electron chi connectivity index (χ2n) is 6.56. The zero-order chi connectivity index (χ0) is 25.9. The number of allylic oxidation sites excluding steroid dienone is 1. The number of aromatic nitrogens is 2. The first kappa shape index (κ1) is 27.5. The Kier molecular flexibility index (Phi) is 8.30. The summed E-state index contributed by atoms with van der Waals surface area (Å²) < 4.78 is 126. The van der Waals surface area contributed by atoms with E-state index in [1.807, 2.05) is 0 Å². The van der Waals surface area contributed by atoms with Gasteiger partial charge in [0.25, 0.3) is 5.56 Å². The normalized spacial score (nSPS) is 13.4. The zero-order valence-electron chi connectivity index (χ0n) is 16.9. The van der Waals surface area contributed by atoms with Gasteiger partial charge in [0.05, 0.1) is 23.4 Å². The molecule has 0 atom stereocenters. The van der Waals surface area contributed by atoms with Gasteiger partial charge < -0.3 is 4.74 Å². The van der Waals surface area contributed by atoms with Gasteiger partial charge >= 0.3 is 18.5 Å². The zero-order valence-corrected chi connectivity index (χ0v) is 17.6. The lowest BCUT2D eigenvalue weighted by Gasteiger charge is -2.19. The highest BCUT2D eigenvalue weighted by Crippen LogP contribution is 2.40. The SMILES string of the molecule is C=CCn1c(=O)cc(C(F)(F)F)n(COCCCl)c1=Nc1ccc(C(F)(F)F)cc1C(F)(F)F. The highest BCUT2D eigenvalue weighted by Gasteiger charge is 2.39. The van der Waals surface area contributed by atoms with E-state index in [9.17, 15) is 44.3 Å². The van der Waals surface area contributed by atoms with Gasteiger partial charge in [0.1, 0.15) is 12.4 Å². The van der Waals surface area contributed by atoms with E-state index in [-0.39, 0.29) is 35.3 Å². The molecule has 0 bridgehead atoms. The minimum absolute atomic E-state index is 0.141. The van der Waals surface area contributed by atoms with Crippen LogP contribution in [0.5, 0.6) is 0 Å². The molecule has 1 aromatic heterocycles. The molecular weight excluding hydrogens is 509 g/mol. The molecule has 2 aromatic rings. The van der Waals surface area contributed by atoms with Crippen molar-refractivity contribution in [3.05, 3.63) is 69.7 Å². The summed E-state index contributed by atoms with van der Waals surface area (Å²) in [6.07, 6.45) is -14.6. The van der Waals surface area contributed by atoms with Crippen LogP contribution in [0.4, 0.5) is 45.2 Å². The van der Waals surface area contributed by atoms with Crippen LogP contribution in [0, 0.1) is 0 Å². The molecule has 0 aliphatic carbocycles. The molecule has 0 spiro atoms. The van der Waals surface area contributed by atoms with E-state index in [0.717, 1.165) is 6.08 Å². The average Bonchev–Trinajstić information content (AvgIpc) is 2.69. The molecule has 0 aliphatic rings. The van der Waals surface area contributed by atoms with E-state index in [2.05, 4.69) is 11.6 Å². The van der Waals surface area contributed by atoms with Crippen molar-refractivity contribution in [2.75, 3.05) is 12.5 Å². The first-order valence-corrected chi connectivity index (χ1v) is 9.64. The lowest BCUT2D eigenvalue weighted by Crippen LogP contribution is -2.43. The maximum atomic E-state index is 13.6. The van der Waals surface area contributed by atoms with Crippen LogP contribution in [-0.4, -0.2) is 21.6 Å². The first-order valence-electron chi connectivity index (χ1n) is 9.11. The van der Waals surface area contributed by atoms with Crippen LogP contribution in [0.15, 0.2) is 46.7 Å². The number of hydrogen-bond donors (Lipinski definition) is 0. The van der Waals surface area contributed by atoms with E-state index in [1.165, 1.54) is 0 Å². The fourth-order valence-electron chi connectivity index (χ4n) is 2.76. The lowest BCUT2D eigenvalue weighted by molar-refractivity contribution is -0.147. The smallest absolute Gasteiger partial charge is 0.359 e. The van der Waals surface area contributed by atoms with Crippen LogP contribution in [0.3, 0.4) is 0 Å². The number of halogens is 10. The molecular formula is C19H15ClF9N3O2. The number of nitrogens with zero attached hydrogens (tertiary/aromatic N) is 3. The fourth-order valence-corrected chi connectivity index (χ4v) is 2.87. The summed E-state index contributed by atoms with van der Waals surface area (Å²) in [5.41, 5.74) is -8.52. The van der Waals surface area contributed by atoms with Crippen LogP contribution in [0.1, 0.15) is 16.8 Å². The van der Waals surface area contributed by atoms with Gasteiger partial charge in [-0.2, -0.15) is 39.5 Å². The van der Waals surface area contributed by atoms with E-state index < -0.39 is 65.5 Å². The van der Waals surface area contributed by atoms with Crippen molar-refractivity contribution in [2.24, 2.45) is 4.99 Å². The van der Waals surface area contributed by atoms with Crippen molar-refractivity contribution in [1.82, 2.24) is 9.13 Å². The molecule has 0 saturated heterocycles. The average molecular weight is 524 g/mol. The Bertz CT molecular complexity index is 1160. The fraction of sp³-hybridized carbons (Fsp3) is 0.368. The van der Waals surface area contributed by atoms with Crippen molar-refractivity contribution in [3.63, 3.8) is 0 Å². The second-order valence-corrected chi connectivity index (χ2v) is 6.94. The Balaban J connectivity index is 3.00. The molecule has 0 aliphatic heterocycles. The molecule has 15 heteroatoms. The number of hydrogen-bond acceptors (Lipinski definition) is 3. The van der Waals surface area contributed by atoms with Gasteiger partial charge in [-0.3, -0.25) is 13.9 Å². The highest BCUT2D eigenvalue weighted by molar-refractivity contribution is 6.17. The number of ether oxygens (including phenoxy) is 1. The summed E-state index contributed by atoms with van der Waals surface area (Å²) in [5, 5.41) is 0. The molecule has 0 radical (unpaired) electrons. The van der Waals surface area contributed by atoms with Crippen LogP contribution < -0.4 is 11.2 Å². The summed E-state index contributed by atoms with van der Waals surface area (Å²) in [7, 11) is 0. The lowest BCUT2D eigenvalue weighted by atomic mass is 10.1. The van der Waals surface area contributed by atoms with Gasteiger partial charge in [-0.1, -0.05) is 6.08 Å². The molecule has 2 rings (SSSR count). The minimum Gasteiger partial charge on any atom is -0.359 e. The van der Waals surface area contributed by atoms with Crippen LogP contribution in [0.2, 0.25) is 0 Å². The molecule has 34 heavy (non-hydrogen) atoms. The second kappa shape index (κ2) is 10.3. The van der Waals surface area contributed by atoms with Crippen LogP contribution >= 0.6 is 11.6 Å². The van der Waals surface area contributed by atoms with Crippen LogP contribution in [0.25, 0.3) is 0 Å². The molecule has 188 valence electrons. The molecule has 0 unspecified atom stereocenters. The minimum atomic E-state index is -5.36. The summed E-state index contributed by atoms with van der Waals surface area (Å²) in [5.74, 6) is -0.141. The van der Waals surface area contributed by atoms with E-state index in [1.54, 1.807) is 0 Å². The van der Waals surface area contributed by atoms with Crippen molar-refractivity contribution in [1.29, 1.82) is 0 Å². The topological polar surface area (TPSA) is 48.5 Å². The van der Waals surface area contributed by atoms with Gasteiger partial charge in [0.2, 0.25) is 5.62 Å². The Morgan fingerprint density at radius 1 is 0.971 bits per heavy atom. The molecule has 5 nitrogen and oxygen atoms in total. The maximum absolute atomic E-state index is 13.6. The van der Waals surface area contributed by atoms with E-state index in [0.29, 0.717) is 10.6 Å². The monoisotopic (exact) mass is 523 g/mol. The third-order valence-electron chi connectivity index (χ3n) is 4.19. The number of rotatable bonds is 7. The highest BCUT2D eigenvalue weighted by atomic mass is 35.5. The Labute approximate surface area is 190 Å². The third-order valence-corrected chi connectivity index (χ3v) is 4.35. The molecule has 0 saturated carbocycles. The molecule has 0 fully saturated rings. The molecule has 0 N–H and O–H groups in total. The standard InChI is InChI=1S/C19H15ClF9N3O2/c1-2-6-31-15(33)9-14(19(27,28)29)32(10-34-7-5-20)16(31)30-13-4-3-11(17(21,22)23)8-12(13)18(24,25)26/h2-4,8-9H,1,5-7,10H2. The summed E-state index contributed by atoms with van der Waals surface area (Å²) in [6, 6.07) is 0.589. The molecule has 0 amide bonds. The summed E-state index contributed by atoms with van der Waals surface area (Å²) in [4.78, 5) is 15.9. The molecule has 1 aromatic carbocycles. The van der Waals surface area contributed by atoms with Gasteiger partial charge in [-0.15, -0.1) is 18.2 Å². The largest absolute Gasteiger partial charge is 0.431 e. The van der Waals surface area contributed by atoms with Crippen molar-refractivity contribution in [3.8, 4) is 0 Å². The Morgan fingerprint density at radius 3 is 2.12 bits per heavy atom. The Morgan fingerprint density at radius 2 is 1.62 bits per heavy atom. The number of alkyl halides is 10. The summed E-state index contributed by atoms with van der Waals surface area (Å²) in [6.45, 7) is 1.66. The van der Waals surface area contributed by atoms with E-state index >= 15 is 0 Å². The van der Waals surface area contributed by atoms with Gasteiger partial charge in [0, 0.05) is 18.5 Å². The van der Waals surface area contributed by atoms with Crippen molar-refractivity contribution in [2.45, 2.75) is 31.8 Å². The van der Waals surface area contributed by atoms with Crippen molar-refractivity contribution >= 4 is 17.3 Å². The predicted molar refractivity (Wildman–Crippen MR) is 102 cm³/mol. The van der Waals surface area contributed by atoms with Gasteiger partial charge in [-0.25, -0.2) is 4.99 Å². The van der Waals surface area contributed by atoms with Crippen LogP contribution in [-0.2, 0) is 36.5 Å². The van der Waals surface area contributed by atoms with Gasteiger partial charge in [-0.05, 0) is 18.2 Å². The van der Waals surface area contributed by atoms with E-state index in [4.69, 9.17) is 16.3 Å². The Hall–Kier alpha value is -2.74. The van der Waals surface area contributed by atoms with Gasteiger partial charge in [0.15, 0.2) is 0 Å². The first-order chi connectivity index (χ1) is 15.6. The van der Waals surface area contributed by atoms with Crippen molar-refractivity contribution < 1.29 is 44.3 Å². The molecule has 1 heterocycles. The maximum Gasteiger partial charge on any atom is 0.431 e. The third kappa shape index (κ3) is 6.44. The number of benzene rings is 1. The predicted octanol–water partition coefficient (Wildman–Crippen LogP) is 5.34. The summed E-state index contributed by atoms with van der Waals surface area (Å²) >= 11 is 5.43. The quantitative estimate of drug-likeness (QED) is 0.213.